The Morgan fingerprint density at radius 1 is 1.29 bits per heavy atom. The lowest BCUT2D eigenvalue weighted by molar-refractivity contribution is 0.605. The molecule has 2 aromatic rings. The molecule has 0 aliphatic carbocycles. The number of nitrogens with two attached hydrogens (primary N) is 1. The van der Waals surface area contributed by atoms with Crippen LogP contribution in [0.4, 0.5) is 0 Å². The summed E-state index contributed by atoms with van der Waals surface area (Å²) in [6.07, 6.45) is 5.65. The number of aromatic nitrogens is 1. The number of para-hydroxylation sites is 1. The summed E-state index contributed by atoms with van der Waals surface area (Å²) in [7, 11) is 2.08. The molecule has 94 valence electrons. The van der Waals surface area contributed by atoms with E-state index in [1.165, 1.54) is 29.3 Å². The van der Waals surface area contributed by atoms with Gasteiger partial charge in [0.05, 0.1) is 0 Å². The van der Waals surface area contributed by atoms with E-state index in [0.717, 1.165) is 6.42 Å². The van der Waals surface area contributed by atoms with Gasteiger partial charge in [0.2, 0.25) is 0 Å². The van der Waals surface area contributed by atoms with Gasteiger partial charge in [-0.1, -0.05) is 38.0 Å². The lowest BCUT2D eigenvalue weighted by Gasteiger charge is -2.09. The predicted molar refractivity (Wildman–Crippen MR) is 76.6 cm³/mol. The zero-order valence-electron chi connectivity index (χ0n) is 10.5. The molecule has 2 nitrogen and oxygen atoms in total. The SMILES string of the molecule is CCCC[C@@H](N)c1cn(C)c2ccccc12.Cl. The predicted octanol–water partition coefficient (Wildman–Crippen LogP) is 3.79. The lowest BCUT2D eigenvalue weighted by Crippen LogP contribution is -2.09. The van der Waals surface area contributed by atoms with E-state index in [0.29, 0.717) is 0 Å². The number of benzene rings is 1. The van der Waals surface area contributed by atoms with Crippen LogP contribution >= 0.6 is 12.4 Å². The average Bonchev–Trinajstić information content (AvgIpc) is 2.65. The molecule has 0 spiro atoms. The van der Waals surface area contributed by atoms with Gasteiger partial charge in [-0.25, -0.2) is 0 Å². The van der Waals surface area contributed by atoms with Crippen molar-refractivity contribution in [2.24, 2.45) is 12.8 Å². The number of hydrogen-bond acceptors (Lipinski definition) is 1. The molecule has 1 atom stereocenters. The molecule has 0 fully saturated rings. The molecule has 0 unspecified atom stereocenters. The van der Waals surface area contributed by atoms with E-state index in [9.17, 15) is 0 Å². The Bertz CT molecular complexity index is 476. The van der Waals surface area contributed by atoms with Gasteiger partial charge in [0, 0.05) is 30.2 Å². The van der Waals surface area contributed by atoms with Crippen molar-refractivity contribution in [2.45, 2.75) is 32.2 Å². The molecular weight excluding hydrogens is 232 g/mol. The topological polar surface area (TPSA) is 30.9 Å². The second kappa shape index (κ2) is 6.08. The minimum absolute atomic E-state index is 0. The first kappa shape index (κ1) is 14.1. The van der Waals surface area contributed by atoms with E-state index in [-0.39, 0.29) is 18.4 Å². The van der Waals surface area contributed by atoms with Crippen LogP contribution in [0.5, 0.6) is 0 Å². The van der Waals surface area contributed by atoms with E-state index in [2.05, 4.69) is 49.0 Å². The quantitative estimate of drug-likeness (QED) is 0.882. The Balaban J connectivity index is 0.00000144. The number of unbranched alkanes of at least 4 members (excludes halogenated alkanes) is 1. The molecule has 1 aromatic carbocycles. The van der Waals surface area contributed by atoms with Crippen LogP contribution in [0.3, 0.4) is 0 Å². The first-order chi connectivity index (χ1) is 7.74. The maximum atomic E-state index is 6.25. The Labute approximate surface area is 109 Å². The van der Waals surface area contributed by atoms with Gasteiger partial charge in [-0.05, 0) is 18.1 Å². The highest BCUT2D eigenvalue weighted by Crippen LogP contribution is 2.27. The van der Waals surface area contributed by atoms with Crippen molar-refractivity contribution in [1.29, 1.82) is 0 Å². The molecule has 0 aliphatic heterocycles. The Hall–Kier alpha value is -0.990. The zero-order valence-corrected chi connectivity index (χ0v) is 11.3. The highest BCUT2D eigenvalue weighted by molar-refractivity contribution is 5.85. The van der Waals surface area contributed by atoms with Crippen LogP contribution in [0.2, 0.25) is 0 Å². The van der Waals surface area contributed by atoms with Gasteiger partial charge >= 0.3 is 0 Å². The molecule has 0 saturated heterocycles. The van der Waals surface area contributed by atoms with E-state index in [1.807, 2.05) is 0 Å². The van der Waals surface area contributed by atoms with Crippen LogP contribution in [0.25, 0.3) is 10.9 Å². The maximum absolute atomic E-state index is 6.25. The first-order valence-corrected chi connectivity index (χ1v) is 6.03. The minimum atomic E-state index is 0. The monoisotopic (exact) mass is 252 g/mol. The summed E-state index contributed by atoms with van der Waals surface area (Å²) in [6.45, 7) is 2.20. The zero-order chi connectivity index (χ0) is 11.5. The molecule has 2 rings (SSSR count). The van der Waals surface area contributed by atoms with Crippen molar-refractivity contribution in [3.8, 4) is 0 Å². The molecule has 2 N–H and O–H groups in total. The van der Waals surface area contributed by atoms with Crippen LogP contribution in [-0.2, 0) is 7.05 Å². The van der Waals surface area contributed by atoms with Gasteiger partial charge in [0.1, 0.15) is 0 Å². The number of fused-ring (bicyclic) bond motifs is 1. The fourth-order valence-electron chi connectivity index (χ4n) is 2.25. The summed E-state index contributed by atoms with van der Waals surface area (Å²) in [6, 6.07) is 8.63. The van der Waals surface area contributed by atoms with Crippen LogP contribution in [0.15, 0.2) is 30.5 Å². The van der Waals surface area contributed by atoms with Crippen molar-refractivity contribution in [3.05, 3.63) is 36.0 Å². The third-order valence-electron chi connectivity index (χ3n) is 3.20. The van der Waals surface area contributed by atoms with Gasteiger partial charge < -0.3 is 10.3 Å². The van der Waals surface area contributed by atoms with Gasteiger partial charge in [0.25, 0.3) is 0 Å². The second-order valence-corrected chi connectivity index (χ2v) is 4.46. The van der Waals surface area contributed by atoms with Gasteiger partial charge in [0.15, 0.2) is 0 Å². The number of halogens is 1. The number of hydrogen-bond donors (Lipinski definition) is 1. The van der Waals surface area contributed by atoms with Crippen LogP contribution in [0, 0.1) is 0 Å². The molecule has 0 amide bonds. The third-order valence-corrected chi connectivity index (χ3v) is 3.20. The van der Waals surface area contributed by atoms with Crippen molar-refractivity contribution in [3.63, 3.8) is 0 Å². The third kappa shape index (κ3) is 2.82. The van der Waals surface area contributed by atoms with Gasteiger partial charge in [-0.2, -0.15) is 0 Å². The van der Waals surface area contributed by atoms with Gasteiger partial charge in [-0.3, -0.25) is 0 Å². The molecule has 0 radical (unpaired) electrons. The molecule has 0 aliphatic rings. The Morgan fingerprint density at radius 2 is 2.00 bits per heavy atom. The number of nitrogens with zero attached hydrogens (tertiary/aromatic N) is 1. The standard InChI is InChI=1S/C14H20N2.ClH/c1-3-4-8-13(15)12-10-16(2)14-9-6-5-7-11(12)14;/h5-7,9-10,13H,3-4,8,15H2,1-2H3;1H/t13-;/m1./s1. The summed E-state index contributed by atoms with van der Waals surface area (Å²) in [5.41, 5.74) is 8.80. The Kier molecular flexibility index (Phi) is 5.03. The summed E-state index contributed by atoms with van der Waals surface area (Å²) >= 11 is 0. The molecule has 3 heteroatoms. The summed E-state index contributed by atoms with van der Waals surface area (Å²) in [5.74, 6) is 0. The molecule has 0 bridgehead atoms. The van der Waals surface area contributed by atoms with Crippen LogP contribution in [0.1, 0.15) is 37.8 Å². The van der Waals surface area contributed by atoms with Crippen LogP contribution in [-0.4, -0.2) is 4.57 Å². The van der Waals surface area contributed by atoms with E-state index in [4.69, 9.17) is 5.73 Å². The smallest absolute Gasteiger partial charge is 0.0481 e. The second-order valence-electron chi connectivity index (χ2n) is 4.46. The van der Waals surface area contributed by atoms with E-state index in [1.54, 1.807) is 0 Å². The number of aryl methyl sites for hydroxylation is 1. The molecule has 0 saturated carbocycles. The lowest BCUT2D eigenvalue weighted by atomic mass is 10.0. The van der Waals surface area contributed by atoms with Crippen molar-refractivity contribution in [2.75, 3.05) is 0 Å². The summed E-state index contributed by atoms with van der Waals surface area (Å²) in [4.78, 5) is 0. The fraction of sp³-hybridized carbons (Fsp3) is 0.429. The van der Waals surface area contributed by atoms with Crippen molar-refractivity contribution >= 4 is 23.3 Å². The van der Waals surface area contributed by atoms with Crippen molar-refractivity contribution in [1.82, 2.24) is 4.57 Å². The van der Waals surface area contributed by atoms with Gasteiger partial charge in [-0.15, -0.1) is 12.4 Å². The van der Waals surface area contributed by atoms with E-state index < -0.39 is 0 Å². The summed E-state index contributed by atoms with van der Waals surface area (Å²) < 4.78 is 2.16. The minimum Gasteiger partial charge on any atom is -0.350 e. The van der Waals surface area contributed by atoms with Crippen LogP contribution < -0.4 is 5.73 Å². The first-order valence-electron chi connectivity index (χ1n) is 6.03. The Morgan fingerprint density at radius 3 is 2.71 bits per heavy atom. The summed E-state index contributed by atoms with van der Waals surface area (Å²) in [5, 5.41) is 1.30. The molecule has 1 aromatic heterocycles. The number of rotatable bonds is 4. The van der Waals surface area contributed by atoms with E-state index >= 15 is 0 Å². The fourth-order valence-corrected chi connectivity index (χ4v) is 2.25. The maximum Gasteiger partial charge on any atom is 0.0481 e. The molecule has 1 heterocycles. The highest BCUT2D eigenvalue weighted by atomic mass is 35.5. The molecule has 17 heavy (non-hydrogen) atoms. The van der Waals surface area contributed by atoms with Crippen molar-refractivity contribution < 1.29 is 0 Å². The molecular formula is C14H21ClN2. The highest BCUT2D eigenvalue weighted by Gasteiger charge is 2.12. The average molecular weight is 253 g/mol. The largest absolute Gasteiger partial charge is 0.350 e. The normalized spacial score (nSPS) is 12.4.